The zero-order chi connectivity index (χ0) is 16.6. The molecule has 0 unspecified atom stereocenters. The number of likely N-dealkylation sites (N-methyl/N-ethyl adjacent to an activating group) is 1. The van der Waals surface area contributed by atoms with Crippen LogP contribution in [0.1, 0.15) is 11.1 Å². The fraction of sp³-hybridized carbons (Fsp3) is 0.312. The van der Waals surface area contributed by atoms with Crippen LogP contribution >= 0.6 is 0 Å². The maximum Gasteiger partial charge on any atom is 0.277 e. The lowest BCUT2D eigenvalue weighted by Gasteiger charge is -2.25. The summed E-state index contributed by atoms with van der Waals surface area (Å²) in [4.78, 5) is 38.2. The summed E-state index contributed by atoms with van der Waals surface area (Å²) in [6.45, 7) is 0.237. The van der Waals surface area contributed by atoms with E-state index in [0.29, 0.717) is 18.7 Å². The Balaban J connectivity index is 1.78. The molecular weight excluding hydrogens is 298 g/mol. The summed E-state index contributed by atoms with van der Waals surface area (Å²) in [7, 11) is 1.75. The van der Waals surface area contributed by atoms with Crippen LogP contribution in [0.2, 0.25) is 0 Å². The molecule has 0 bridgehead atoms. The summed E-state index contributed by atoms with van der Waals surface area (Å²) in [5.74, 6) is -0.805. The van der Waals surface area contributed by atoms with Crippen LogP contribution in [0.25, 0.3) is 0 Å². The van der Waals surface area contributed by atoms with Gasteiger partial charge in [-0.1, -0.05) is 6.07 Å². The number of amides is 3. The molecule has 0 aliphatic carbocycles. The van der Waals surface area contributed by atoms with Gasteiger partial charge < -0.3 is 15.3 Å². The smallest absolute Gasteiger partial charge is 0.277 e. The number of hydrogen-bond donors (Lipinski definition) is 2. The Morgan fingerprint density at radius 3 is 2.74 bits per heavy atom. The minimum atomic E-state index is -0.450. The Morgan fingerprint density at radius 1 is 1.22 bits per heavy atom. The van der Waals surface area contributed by atoms with Crippen LogP contribution in [-0.2, 0) is 27.3 Å². The number of nitrogens with one attached hydrogen (secondary N) is 1. The van der Waals surface area contributed by atoms with E-state index in [1.807, 2.05) is 12.1 Å². The van der Waals surface area contributed by atoms with E-state index >= 15 is 0 Å². The fourth-order valence-corrected chi connectivity index (χ4v) is 2.73. The largest absolute Gasteiger partial charge is 0.395 e. The van der Waals surface area contributed by atoms with E-state index in [0.717, 1.165) is 16.0 Å². The van der Waals surface area contributed by atoms with Gasteiger partial charge in [0.25, 0.3) is 11.8 Å². The molecule has 7 heteroatoms. The van der Waals surface area contributed by atoms with Crippen LogP contribution in [0.4, 0.5) is 5.69 Å². The van der Waals surface area contributed by atoms with E-state index in [4.69, 9.17) is 5.11 Å². The zero-order valence-corrected chi connectivity index (χ0v) is 12.7. The van der Waals surface area contributed by atoms with Crippen molar-refractivity contribution in [3.8, 4) is 0 Å². The SMILES string of the molecule is CN1Cc2cc(NC3=CC(=O)N(CCO)C3=O)ccc2CC1=O. The zero-order valence-electron chi connectivity index (χ0n) is 12.7. The van der Waals surface area contributed by atoms with Gasteiger partial charge in [-0.3, -0.25) is 19.3 Å². The lowest BCUT2D eigenvalue weighted by molar-refractivity contribution is -0.137. The van der Waals surface area contributed by atoms with Crippen LogP contribution in [0.15, 0.2) is 30.0 Å². The number of anilines is 1. The molecule has 0 aromatic heterocycles. The minimum Gasteiger partial charge on any atom is -0.395 e. The van der Waals surface area contributed by atoms with Gasteiger partial charge in [-0.05, 0) is 23.3 Å². The Hall–Kier alpha value is -2.67. The van der Waals surface area contributed by atoms with Gasteiger partial charge in [0.05, 0.1) is 19.6 Å². The van der Waals surface area contributed by atoms with E-state index in [2.05, 4.69) is 5.32 Å². The molecule has 120 valence electrons. The normalized spacial score (nSPS) is 17.5. The van der Waals surface area contributed by atoms with Crippen molar-refractivity contribution in [2.24, 2.45) is 0 Å². The molecule has 7 nitrogen and oxygen atoms in total. The number of imide groups is 1. The molecule has 0 radical (unpaired) electrons. The topological polar surface area (TPSA) is 89.9 Å². The molecule has 2 heterocycles. The lowest BCUT2D eigenvalue weighted by Crippen LogP contribution is -2.34. The Labute approximate surface area is 133 Å². The predicted molar refractivity (Wildman–Crippen MR) is 82.1 cm³/mol. The number of β-amino-alcohol motifs (C(OH)–C–C–N with tert-alkyl or cyclic N) is 1. The molecular formula is C16H17N3O4. The maximum atomic E-state index is 12.1. The van der Waals surface area contributed by atoms with Crippen LogP contribution in [0, 0.1) is 0 Å². The number of fused-ring (bicyclic) bond motifs is 1. The second-order valence-corrected chi connectivity index (χ2v) is 5.61. The Bertz CT molecular complexity index is 726. The first kappa shape index (κ1) is 15.2. The van der Waals surface area contributed by atoms with Gasteiger partial charge in [0, 0.05) is 25.4 Å². The van der Waals surface area contributed by atoms with Crippen LogP contribution in [-0.4, -0.2) is 52.8 Å². The molecule has 1 aromatic rings. The number of carbonyl (C=O) groups excluding carboxylic acids is 3. The number of carbonyl (C=O) groups is 3. The van der Waals surface area contributed by atoms with E-state index < -0.39 is 11.8 Å². The summed E-state index contributed by atoms with van der Waals surface area (Å²) in [6.07, 6.45) is 1.60. The summed E-state index contributed by atoms with van der Waals surface area (Å²) in [5, 5.41) is 11.8. The maximum absolute atomic E-state index is 12.1. The molecule has 0 saturated heterocycles. The molecule has 1 aromatic carbocycles. The Morgan fingerprint density at radius 2 is 2.00 bits per heavy atom. The Kier molecular flexibility index (Phi) is 3.87. The predicted octanol–water partition coefficient (Wildman–Crippen LogP) is -0.142. The molecule has 0 spiro atoms. The van der Waals surface area contributed by atoms with Crippen molar-refractivity contribution < 1.29 is 19.5 Å². The van der Waals surface area contributed by atoms with Gasteiger partial charge in [-0.25, -0.2) is 0 Å². The van der Waals surface area contributed by atoms with Crippen molar-refractivity contribution in [2.45, 2.75) is 13.0 Å². The molecule has 0 atom stereocenters. The van der Waals surface area contributed by atoms with Crippen molar-refractivity contribution in [1.29, 1.82) is 0 Å². The highest BCUT2D eigenvalue weighted by molar-refractivity contribution is 6.17. The minimum absolute atomic E-state index is 0.0174. The van der Waals surface area contributed by atoms with Gasteiger partial charge in [-0.2, -0.15) is 0 Å². The van der Waals surface area contributed by atoms with Gasteiger partial charge in [-0.15, -0.1) is 0 Å². The van der Waals surface area contributed by atoms with Gasteiger partial charge in [0.1, 0.15) is 5.70 Å². The highest BCUT2D eigenvalue weighted by Crippen LogP contribution is 2.24. The molecule has 3 rings (SSSR count). The number of rotatable bonds is 4. The average molecular weight is 315 g/mol. The summed E-state index contributed by atoms with van der Waals surface area (Å²) < 4.78 is 0. The second kappa shape index (κ2) is 5.85. The fourth-order valence-electron chi connectivity index (χ4n) is 2.73. The van der Waals surface area contributed by atoms with Gasteiger partial charge in [0.15, 0.2) is 0 Å². The molecule has 3 amide bonds. The lowest BCUT2D eigenvalue weighted by atomic mass is 9.99. The van der Waals surface area contributed by atoms with Crippen molar-refractivity contribution in [3.63, 3.8) is 0 Å². The van der Waals surface area contributed by atoms with Crippen LogP contribution in [0.3, 0.4) is 0 Å². The molecule has 0 fully saturated rings. The van der Waals surface area contributed by atoms with Crippen LogP contribution < -0.4 is 5.32 Å². The van der Waals surface area contributed by atoms with E-state index in [1.165, 1.54) is 6.08 Å². The first-order valence-electron chi connectivity index (χ1n) is 7.31. The summed E-state index contributed by atoms with van der Waals surface area (Å²) in [5.41, 5.74) is 2.86. The number of benzene rings is 1. The monoisotopic (exact) mass is 315 g/mol. The molecule has 0 saturated carbocycles. The first-order chi connectivity index (χ1) is 11.0. The number of nitrogens with zero attached hydrogens (tertiary/aromatic N) is 2. The van der Waals surface area contributed by atoms with E-state index in [1.54, 1.807) is 18.0 Å². The molecule has 23 heavy (non-hydrogen) atoms. The molecule has 2 aliphatic heterocycles. The highest BCUT2D eigenvalue weighted by Gasteiger charge is 2.30. The summed E-state index contributed by atoms with van der Waals surface area (Å²) in [6, 6.07) is 5.52. The summed E-state index contributed by atoms with van der Waals surface area (Å²) >= 11 is 0. The van der Waals surface area contributed by atoms with Crippen LogP contribution in [0.5, 0.6) is 0 Å². The van der Waals surface area contributed by atoms with Gasteiger partial charge >= 0.3 is 0 Å². The van der Waals surface area contributed by atoms with Gasteiger partial charge in [0.2, 0.25) is 5.91 Å². The average Bonchev–Trinajstić information content (AvgIpc) is 2.77. The van der Waals surface area contributed by atoms with Crippen molar-refractivity contribution in [1.82, 2.24) is 9.80 Å². The number of aliphatic hydroxyl groups is 1. The van der Waals surface area contributed by atoms with Crippen molar-refractivity contribution in [3.05, 3.63) is 41.1 Å². The third-order valence-electron chi connectivity index (χ3n) is 3.99. The molecule has 2 N–H and O–H groups in total. The third-order valence-corrected chi connectivity index (χ3v) is 3.99. The quantitative estimate of drug-likeness (QED) is 0.755. The standard InChI is InChI=1S/C16H17N3O4/c1-18-9-11-6-12(3-2-10(11)7-14(18)21)17-13-8-15(22)19(4-5-20)16(13)23/h2-3,6,8,17,20H,4-5,7,9H2,1H3. The number of aliphatic hydroxyl groups excluding tert-OH is 1. The van der Waals surface area contributed by atoms with E-state index in [-0.39, 0.29) is 24.8 Å². The first-order valence-corrected chi connectivity index (χ1v) is 7.31. The third kappa shape index (κ3) is 2.83. The van der Waals surface area contributed by atoms with Crippen molar-refractivity contribution in [2.75, 3.05) is 25.5 Å². The second-order valence-electron chi connectivity index (χ2n) is 5.61. The number of hydrogen-bond acceptors (Lipinski definition) is 5. The molecule has 2 aliphatic rings. The van der Waals surface area contributed by atoms with Crippen molar-refractivity contribution >= 4 is 23.4 Å². The van der Waals surface area contributed by atoms with E-state index in [9.17, 15) is 14.4 Å². The highest BCUT2D eigenvalue weighted by atomic mass is 16.3.